The fourth-order valence-corrected chi connectivity index (χ4v) is 1.73. The predicted molar refractivity (Wildman–Crippen MR) is 72.9 cm³/mol. The van der Waals surface area contributed by atoms with Crippen LogP contribution in [0.5, 0.6) is 0 Å². The van der Waals surface area contributed by atoms with Crippen molar-refractivity contribution in [2.24, 2.45) is 5.16 Å². The number of rotatable bonds is 4. The molecule has 0 aromatic heterocycles. The van der Waals surface area contributed by atoms with Crippen LogP contribution in [0, 0.1) is 0 Å². The number of nitrogens with zero attached hydrogens (tertiary/aromatic N) is 1. The summed E-state index contributed by atoms with van der Waals surface area (Å²) in [4.78, 5) is 4.94. The minimum atomic E-state index is 0.347. The Morgan fingerprint density at radius 2 is 1.61 bits per heavy atom. The molecule has 2 aromatic rings. The topological polar surface area (TPSA) is 49.2 Å². The molecule has 2 rings (SSSR count). The molecular weight excluding hydrogens is 224 g/mol. The summed E-state index contributed by atoms with van der Waals surface area (Å²) in [5.41, 5.74) is 7.91. The van der Waals surface area contributed by atoms with Crippen LogP contribution in [0.25, 0.3) is 11.1 Å². The maximum Gasteiger partial charge on any atom is 0.243 e. The van der Waals surface area contributed by atoms with E-state index in [0.29, 0.717) is 6.73 Å². The van der Waals surface area contributed by atoms with E-state index in [9.17, 15) is 0 Å². The zero-order chi connectivity index (χ0) is 12.8. The van der Waals surface area contributed by atoms with Gasteiger partial charge in [-0.2, -0.15) is 0 Å². The molecular formula is C15H17N2O+. The molecule has 2 aromatic carbocycles. The Morgan fingerprint density at radius 1 is 1.00 bits per heavy atom. The van der Waals surface area contributed by atoms with Crippen LogP contribution in [0.3, 0.4) is 0 Å². The standard InChI is InChI=1S/C15H16N2O/c1-12(17-18-11-16)13-7-9-15(10-8-13)14-5-3-2-4-6-14/h2-10H,11,16H2,1H3/p+1. The van der Waals surface area contributed by atoms with Gasteiger partial charge in [-0.05, 0) is 23.6 Å². The van der Waals surface area contributed by atoms with Crippen molar-refractivity contribution in [3.63, 3.8) is 0 Å². The lowest BCUT2D eigenvalue weighted by Gasteiger charge is -2.04. The van der Waals surface area contributed by atoms with Crippen molar-refractivity contribution in [1.29, 1.82) is 0 Å². The third-order valence-corrected chi connectivity index (χ3v) is 2.70. The second-order valence-corrected chi connectivity index (χ2v) is 3.95. The van der Waals surface area contributed by atoms with E-state index < -0.39 is 0 Å². The summed E-state index contributed by atoms with van der Waals surface area (Å²) in [7, 11) is 0. The van der Waals surface area contributed by atoms with Crippen LogP contribution in [0.1, 0.15) is 12.5 Å². The second kappa shape index (κ2) is 5.98. The maximum atomic E-state index is 4.94. The van der Waals surface area contributed by atoms with Gasteiger partial charge in [0.2, 0.25) is 6.73 Å². The van der Waals surface area contributed by atoms with E-state index in [1.807, 2.05) is 37.3 Å². The van der Waals surface area contributed by atoms with Gasteiger partial charge in [0.25, 0.3) is 0 Å². The predicted octanol–water partition coefficient (Wildman–Crippen LogP) is 2.29. The van der Waals surface area contributed by atoms with Crippen LogP contribution < -0.4 is 5.73 Å². The van der Waals surface area contributed by atoms with Crippen LogP contribution in [0.15, 0.2) is 59.8 Å². The Morgan fingerprint density at radius 3 is 2.22 bits per heavy atom. The number of hydrogen-bond acceptors (Lipinski definition) is 2. The molecule has 0 aliphatic carbocycles. The molecule has 0 heterocycles. The summed E-state index contributed by atoms with van der Waals surface area (Å²) in [5.74, 6) is 0. The van der Waals surface area contributed by atoms with E-state index in [4.69, 9.17) is 4.84 Å². The zero-order valence-corrected chi connectivity index (χ0v) is 10.5. The first kappa shape index (κ1) is 12.3. The molecule has 0 bridgehead atoms. The van der Waals surface area contributed by atoms with E-state index in [1.54, 1.807) is 0 Å². The molecule has 92 valence electrons. The average Bonchev–Trinajstić information content (AvgIpc) is 2.46. The van der Waals surface area contributed by atoms with Gasteiger partial charge in [-0.1, -0.05) is 59.8 Å². The van der Waals surface area contributed by atoms with E-state index in [-0.39, 0.29) is 0 Å². The van der Waals surface area contributed by atoms with Gasteiger partial charge in [-0.25, -0.2) is 0 Å². The van der Waals surface area contributed by atoms with Crippen molar-refractivity contribution >= 4 is 5.71 Å². The minimum absolute atomic E-state index is 0.347. The molecule has 0 fully saturated rings. The molecule has 0 aliphatic heterocycles. The van der Waals surface area contributed by atoms with Crippen molar-refractivity contribution in [3.05, 3.63) is 60.2 Å². The third-order valence-electron chi connectivity index (χ3n) is 2.70. The lowest BCUT2D eigenvalue weighted by Crippen LogP contribution is -2.50. The molecule has 0 spiro atoms. The summed E-state index contributed by atoms with van der Waals surface area (Å²) >= 11 is 0. The lowest BCUT2D eigenvalue weighted by atomic mass is 10.0. The minimum Gasteiger partial charge on any atom is -0.340 e. The Labute approximate surface area is 107 Å². The van der Waals surface area contributed by atoms with Gasteiger partial charge in [-0.15, -0.1) is 0 Å². The number of quaternary nitrogens is 1. The highest BCUT2D eigenvalue weighted by Gasteiger charge is 2.00. The third kappa shape index (κ3) is 2.96. The van der Waals surface area contributed by atoms with Gasteiger partial charge < -0.3 is 10.6 Å². The summed E-state index contributed by atoms with van der Waals surface area (Å²) < 4.78 is 0. The smallest absolute Gasteiger partial charge is 0.243 e. The SMILES string of the molecule is CC(=NOC[NH3+])c1ccc(-c2ccccc2)cc1. The average molecular weight is 241 g/mol. The van der Waals surface area contributed by atoms with Gasteiger partial charge in [0.15, 0.2) is 0 Å². The molecule has 3 heteroatoms. The quantitative estimate of drug-likeness (QED) is 0.498. The Hall–Kier alpha value is -2.13. The zero-order valence-electron chi connectivity index (χ0n) is 10.5. The Balaban J connectivity index is 2.20. The van der Waals surface area contributed by atoms with E-state index in [0.717, 1.165) is 11.3 Å². The maximum absolute atomic E-state index is 4.94. The van der Waals surface area contributed by atoms with Crippen molar-refractivity contribution < 1.29 is 10.6 Å². The Kier molecular flexibility index (Phi) is 4.10. The largest absolute Gasteiger partial charge is 0.340 e. The van der Waals surface area contributed by atoms with Gasteiger partial charge in [0.05, 0.1) is 5.71 Å². The van der Waals surface area contributed by atoms with E-state index in [1.165, 1.54) is 11.1 Å². The first-order valence-electron chi connectivity index (χ1n) is 5.93. The first-order chi connectivity index (χ1) is 8.81. The first-order valence-corrected chi connectivity index (χ1v) is 5.93. The monoisotopic (exact) mass is 241 g/mol. The van der Waals surface area contributed by atoms with Crippen LogP contribution in [-0.2, 0) is 4.84 Å². The summed E-state index contributed by atoms with van der Waals surface area (Å²) in [6, 6.07) is 18.6. The van der Waals surface area contributed by atoms with Crippen LogP contribution >= 0.6 is 0 Å². The molecule has 0 radical (unpaired) electrons. The molecule has 3 nitrogen and oxygen atoms in total. The molecule has 0 amide bonds. The lowest BCUT2D eigenvalue weighted by molar-refractivity contribution is -0.431. The molecule has 0 atom stereocenters. The highest BCUT2D eigenvalue weighted by Crippen LogP contribution is 2.19. The van der Waals surface area contributed by atoms with Gasteiger partial charge in [0.1, 0.15) is 0 Å². The summed E-state index contributed by atoms with van der Waals surface area (Å²) in [6.07, 6.45) is 0. The molecule has 0 saturated heterocycles. The van der Waals surface area contributed by atoms with Crippen molar-refractivity contribution in [2.45, 2.75) is 6.92 Å². The van der Waals surface area contributed by atoms with Crippen molar-refractivity contribution in [3.8, 4) is 11.1 Å². The normalized spacial score (nSPS) is 11.3. The highest BCUT2D eigenvalue weighted by atomic mass is 16.6. The molecule has 18 heavy (non-hydrogen) atoms. The number of oxime groups is 1. The van der Waals surface area contributed by atoms with E-state index >= 15 is 0 Å². The fourth-order valence-electron chi connectivity index (χ4n) is 1.73. The Bertz CT molecular complexity index is 518. The summed E-state index contributed by atoms with van der Waals surface area (Å²) in [6.45, 7) is 2.27. The van der Waals surface area contributed by atoms with Gasteiger partial charge >= 0.3 is 0 Å². The molecule has 0 aliphatic rings. The highest BCUT2D eigenvalue weighted by molar-refractivity contribution is 5.98. The van der Waals surface area contributed by atoms with E-state index in [2.05, 4.69) is 35.2 Å². The van der Waals surface area contributed by atoms with Crippen molar-refractivity contribution in [2.75, 3.05) is 6.73 Å². The molecule has 0 unspecified atom stereocenters. The fraction of sp³-hybridized carbons (Fsp3) is 0.133. The second-order valence-electron chi connectivity index (χ2n) is 3.95. The van der Waals surface area contributed by atoms with Crippen molar-refractivity contribution in [1.82, 2.24) is 0 Å². The summed E-state index contributed by atoms with van der Waals surface area (Å²) in [5, 5.41) is 3.97. The van der Waals surface area contributed by atoms with Crippen LogP contribution in [0.2, 0.25) is 0 Å². The molecule has 0 saturated carbocycles. The van der Waals surface area contributed by atoms with Gasteiger partial charge in [-0.3, -0.25) is 0 Å². The van der Waals surface area contributed by atoms with Gasteiger partial charge in [0, 0.05) is 0 Å². The van der Waals surface area contributed by atoms with Crippen LogP contribution in [0.4, 0.5) is 0 Å². The molecule has 3 N–H and O–H groups in total. The number of hydrogen-bond donors (Lipinski definition) is 1. The number of benzene rings is 2. The van der Waals surface area contributed by atoms with Crippen LogP contribution in [-0.4, -0.2) is 12.4 Å².